The monoisotopic (exact) mass is 320 g/mol. The molecule has 8 heteroatoms. The maximum atomic E-state index is 12.1. The fourth-order valence-corrected chi connectivity index (χ4v) is 3.92. The van der Waals surface area contributed by atoms with E-state index in [0.717, 1.165) is 32.5 Å². The number of halogens is 1. The number of piperidine rings is 1. The SMILES string of the molecule is CCN1CCC(CNS(=O)(=O)c2ncn(C)c2Cl)CC1. The van der Waals surface area contributed by atoms with Gasteiger partial charge in [0.2, 0.25) is 5.03 Å². The van der Waals surface area contributed by atoms with Gasteiger partial charge in [0, 0.05) is 13.6 Å². The van der Waals surface area contributed by atoms with Crippen LogP contribution in [0.4, 0.5) is 0 Å². The molecule has 0 amide bonds. The minimum absolute atomic E-state index is 0.0901. The molecule has 1 saturated heterocycles. The number of hydrogen-bond acceptors (Lipinski definition) is 4. The van der Waals surface area contributed by atoms with Gasteiger partial charge in [0.05, 0.1) is 6.33 Å². The summed E-state index contributed by atoms with van der Waals surface area (Å²) < 4.78 is 28.4. The van der Waals surface area contributed by atoms with Crippen LogP contribution in [-0.4, -0.2) is 49.0 Å². The van der Waals surface area contributed by atoms with Crippen molar-refractivity contribution in [1.29, 1.82) is 0 Å². The summed E-state index contributed by atoms with van der Waals surface area (Å²) in [6.07, 6.45) is 3.44. The van der Waals surface area contributed by atoms with E-state index >= 15 is 0 Å². The van der Waals surface area contributed by atoms with Gasteiger partial charge in [-0.15, -0.1) is 0 Å². The highest BCUT2D eigenvalue weighted by molar-refractivity contribution is 7.89. The number of sulfonamides is 1. The fourth-order valence-electron chi connectivity index (χ4n) is 2.38. The van der Waals surface area contributed by atoms with Crippen LogP contribution in [0.2, 0.25) is 5.15 Å². The van der Waals surface area contributed by atoms with Crippen LogP contribution in [0, 0.1) is 5.92 Å². The van der Waals surface area contributed by atoms with Crippen molar-refractivity contribution in [2.24, 2.45) is 13.0 Å². The van der Waals surface area contributed by atoms with Gasteiger partial charge in [-0.1, -0.05) is 18.5 Å². The maximum absolute atomic E-state index is 12.1. The number of aromatic nitrogens is 2. The lowest BCUT2D eigenvalue weighted by atomic mass is 9.97. The summed E-state index contributed by atoms with van der Waals surface area (Å²) >= 11 is 5.93. The first-order chi connectivity index (χ1) is 9.44. The van der Waals surface area contributed by atoms with Gasteiger partial charge in [0.1, 0.15) is 5.15 Å². The minimum Gasteiger partial charge on any atom is -0.324 e. The van der Waals surface area contributed by atoms with Crippen LogP contribution < -0.4 is 4.72 Å². The van der Waals surface area contributed by atoms with Crippen LogP contribution in [0.15, 0.2) is 11.4 Å². The van der Waals surface area contributed by atoms with Crippen LogP contribution in [0.3, 0.4) is 0 Å². The molecule has 0 aliphatic carbocycles. The number of aryl methyl sites for hydroxylation is 1. The van der Waals surface area contributed by atoms with Crippen molar-refractivity contribution in [3.8, 4) is 0 Å². The van der Waals surface area contributed by atoms with Crippen LogP contribution in [0.5, 0.6) is 0 Å². The van der Waals surface area contributed by atoms with Crippen LogP contribution in [-0.2, 0) is 17.1 Å². The Balaban J connectivity index is 1.92. The highest BCUT2D eigenvalue weighted by Gasteiger charge is 2.25. The number of nitrogens with one attached hydrogen (secondary N) is 1. The van der Waals surface area contributed by atoms with Crippen LogP contribution >= 0.6 is 11.6 Å². The van der Waals surface area contributed by atoms with Crippen molar-refractivity contribution >= 4 is 21.6 Å². The fraction of sp³-hybridized carbons (Fsp3) is 0.750. The molecule has 2 heterocycles. The molecular formula is C12H21ClN4O2S. The standard InChI is InChI=1S/C12H21ClN4O2S/c1-3-17-6-4-10(5-7-17)8-15-20(18,19)12-11(13)16(2)9-14-12/h9-10,15H,3-8H2,1-2H3. The largest absolute Gasteiger partial charge is 0.324 e. The van der Waals surface area contributed by atoms with Crippen molar-refractivity contribution in [3.05, 3.63) is 11.5 Å². The number of likely N-dealkylation sites (tertiary alicyclic amines) is 1. The van der Waals surface area contributed by atoms with E-state index in [1.54, 1.807) is 7.05 Å². The second-order valence-corrected chi connectivity index (χ2v) is 7.22. The predicted molar refractivity (Wildman–Crippen MR) is 78.2 cm³/mol. The molecule has 0 bridgehead atoms. The topological polar surface area (TPSA) is 67.2 Å². The van der Waals surface area contributed by atoms with Gasteiger partial charge in [-0.25, -0.2) is 18.1 Å². The Hall–Kier alpha value is -0.630. The van der Waals surface area contributed by atoms with Gasteiger partial charge >= 0.3 is 0 Å². The molecule has 114 valence electrons. The predicted octanol–water partition coefficient (Wildman–Crippen LogP) is 1.08. The first-order valence-electron chi connectivity index (χ1n) is 6.83. The normalized spacial score (nSPS) is 18.6. The Labute approximate surface area is 125 Å². The molecular weight excluding hydrogens is 300 g/mol. The number of hydrogen-bond donors (Lipinski definition) is 1. The summed E-state index contributed by atoms with van der Waals surface area (Å²) in [4.78, 5) is 6.22. The zero-order valence-electron chi connectivity index (χ0n) is 11.8. The lowest BCUT2D eigenvalue weighted by Gasteiger charge is -2.30. The molecule has 1 aliphatic rings. The average Bonchev–Trinajstić information content (AvgIpc) is 2.78. The Morgan fingerprint density at radius 1 is 1.45 bits per heavy atom. The zero-order valence-corrected chi connectivity index (χ0v) is 13.4. The minimum atomic E-state index is -3.62. The van der Waals surface area contributed by atoms with Gasteiger partial charge in [0.25, 0.3) is 10.0 Å². The summed E-state index contributed by atoms with van der Waals surface area (Å²) in [5, 5.41) is 0.0472. The number of nitrogens with zero attached hydrogens (tertiary/aromatic N) is 3. The molecule has 1 aromatic rings. The van der Waals surface area contributed by atoms with E-state index in [4.69, 9.17) is 11.6 Å². The van der Waals surface area contributed by atoms with E-state index in [2.05, 4.69) is 21.5 Å². The van der Waals surface area contributed by atoms with E-state index in [9.17, 15) is 8.42 Å². The van der Waals surface area contributed by atoms with Gasteiger partial charge in [-0.3, -0.25) is 0 Å². The average molecular weight is 321 g/mol. The Morgan fingerprint density at radius 2 is 2.10 bits per heavy atom. The quantitative estimate of drug-likeness (QED) is 0.881. The van der Waals surface area contributed by atoms with Crippen molar-refractivity contribution in [1.82, 2.24) is 19.2 Å². The molecule has 6 nitrogen and oxygen atoms in total. The van der Waals surface area contributed by atoms with Gasteiger partial charge in [-0.2, -0.15) is 0 Å². The van der Waals surface area contributed by atoms with Crippen LogP contribution in [0.25, 0.3) is 0 Å². The Morgan fingerprint density at radius 3 is 2.60 bits per heavy atom. The number of rotatable bonds is 5. The summed E-state index contributed by atoms with van der Waals surface area (Å²) in [6, 6.07) is 0. The van der Waals surface area contributed by atoms with Gasteiger partial charge < -0.3 is 9.47 Å². The Bertz CT molecular complexity index is 550. The molecule has 0 spiro atoms. The molecule has 2 rings (SSSR count). The molecule has 0 radical (unpaired) electrons. The van der Waals surface area contributed by atoms with Crippen molar-refractivity contribution < 1.29 is 8.42 Å². The summed E-state index contributed by atoms with van der Waals surface area (Å²) in [7, 11) is -1.95. The van der Waals surface area contributed by atoms with E-state index in [0.29, 0.717) is 12.5 Å². The second-order valence-electron chi connectivity index (χ2n) is 5.18. The molecule has 1 fully saturated rings. The summed E-state index contributed by atoms with van der Waals surface area (Å²) in [5.41, 5.74) is 0. The first-order valence-corrected chi connectivity index (χ1v) is 8.69. The van der Waals surface area contributed by atoms with Gasteiger partial charge in [-0.05, 0) is 38.4 Å². The summed E-state index contributed by atoms with van der Waals surface area (Å²) in [5.74, 6) is 0.384. The van der Waals surface area contributed by atoms with Crippen molar-refractivity contribution in [3.63, 3.8) is 0 Å². The third-order valence-corrected chi connectivity index (χ3v) is 5.72. The maximum Gasteiger partial charge on any atom is 0.261 e. The Kier molecular flexibility index (Phi) is 5.06. The highest BCUT2D eigenvalue weighted by atomic mass is 35.5. The van der Waals surface area contributed by atoms with E-state index < -0.39 is 10.0 Å². The van der Waals surface area contributed by atoms with Crippen molar-refractivity contribution in [2.45, 2.75) is 24.8 Å². The van der Waals surface area contributed by atoms with Crippen LogP contribution in [0.1, 0.15) is 19.8 Å². The third-order valence-electron chi connectivity index (χ3n) is 3.81. The van der Waals surface area contributed by atoms with E-state index in [-0.39, 0.29) is 10.2 Å². The smallest absolute Gasteiger partial charge is 0.261 e. The molecule has 0 unspecified atom stereocenters. The lowest BCUT2D eigenvalue weighted by Crippen LogP contribution is -2.38. The lowest BCUT2D eigenvalue weighted by molar-refractivity contribution is 0.193. The van der Waals surface area contributed by atoms with E-state index in [1.807, 2.05) is 0 Å². The third kappa shape index (κ3) is 3.52. The van der Waals surface area contributed by atoms with E-state index in [1.165, 1.54) is 10.9 Å². The molecule has 0 atom stereocenters. The number of imidazole rings is 1. The molecule has 1 N–H and O–H groups in total. The van der Waals surface area contributed by atoms with Gasteiger partial charge in [0.15, 0.2) is 0 Å². The zero-order chi connectivity index (χ0) is 14.8. The summed E-state index contributed by atoms with van der Waals surface area (Å²) in [6.45, 7) is 5.72. The molecule has 1 aromatic heterocycles. The highest BCUT2D eigenvalue weighted by Crippen LogP contribution is 2.20. The molecule has 20 heavy (non-hydrogen) atoms. The molecule has 0 saturated carbocycles. The molecule has 1 aliphatic heterocycles. The van der Waals surface area contributed by atoms with Crippen molar-refractivity contribution in [2.75, 3.05) is 26.2 Å². The first kappa shape index (κ1) is 15.8. The second kappa shape index (κ2) is 6.43. The molecule has 0 aromatic carbocycles.